The van der Waals surface area contributed by atoms with E-state index in [1.54, 1.807) is 13.8 Å². The van der Waals surface area contributed by atoms with Crippen LogP contribution < -0.4 is 10.8 Å². The van der Waals surface area contributed by atoms with Crippen LogP contribution in [0.4, 0.5) is 0 Å². The predicted octanol–water partition coefficient (Wildman–Crippen LogP) is 3.29. The van der Waals surface area contributed by atoms with Crippen LogP contribution in [-0.4, -0.2) is 89.9 Å². The Morgan fingerprint density at radius 1 is 0.950 bits per heavy atom. The van der Waals surface area contributed by atoms with Gasteiger partial charge < -0.3 is 51.8 Å². The highest BCUT2D eigenvalue weighted by atomic mass is 31.2. The molecular weight excluding hydrogens is 574 g/mol. The Morgan fingerprint density at radius 3 is 1.62 bits per heavy atom. The van der Waals surface area contributed by atoms with Gasteiger partial charge in [0, 0.05) is 27.8 Å². The average Bonchev–Trinajstić information content (AvgIpc) is 2.92. The zero-order valence-electron chi connectivity index (χ0n) is 24.7. The summed E-state index contributed by atoms with van der Waals surface area (Å²) in [6.07, 6.45) is 3.70. The van der Waals surface area contributed by atoms with Crippen molar-refractivity contribution >= 4 is 39.4 Å². The number of carbonyl (C=O) groups excluding carboxylic acids is 3. The summed E-state index contributed by atoms with van der Waals surface area (Å²) >= 11 is 0. The average molecular weight is 626 g/mol. The second-order valence-electron chi connectivity index (χ2n) is 6.04. The number of rotatable bonds is 14. The SMILES string of the molecule is C.CC.CC.COP(C)(=O)[O-].NO.[C-]#[N+]CCOP(=C)(OC)OCC(COC(C)=O)(C(=O)OCC)C(=O)OCC. The van der Waals surface area contributed by atoms with Crippen molar-refractivity contribution in [2.45, 2.75) is 55.9 Å². The molecule has 0 aromatic heterocycles. The lowest BCUT2D eigenvalue weighted by molar-refractivity contribution is -0.194. The van der Waals surface area contributed by atoms with Gasteiger partial charge >= 0.3 is 17.9 Å². The maximum atomic E-state index is 12.5. The van der Waals surface area contributed by atoms with Gasteiger partial charge in [0.15, 0.2) is 0 Å². The van der Waals surface area contributed by atoms with E-state index in [0.29, 0.717) is 0 Å². The Hall–Kier alpha value is -1.85. The lowest BCUT2D eigenvalue weighted by Gasteiger charge is -2.31. The zero-order valence-corrected chi connectivity index (χ0v) is 26.5. The second-order valence-corrected chi connectivity index (χ2v) is 10.1. The van der Waals surface area contributed by atoms with E-state index in [0.717, 1.165) is 20.7 Å². The first-order chi connectivity index (χ1) is 18.3. The lowest BCUT2D eigenvalue weighted by Crippen LogP contribution is -2.49. The summed E-state index contributed by atoms with van der Waals surface area (Å²) < 4.78 is 44.6. The topological polar surface area (TPSA) is 207 Å². The summed E-state index contributed by atoms with van der Waals surface area (Å²) in [5.41, 5.74) is -2.07. The molecule has 0 aromatic rings. The van der Waals surface area contributed by atoms with Gasteiger partial charge in [-0.15, -0.1) is 0 Å². The maximum Gasteiger partial charge on any atom is 0.329 e. The molecule has 0 saturated carbocycles. The number of nitrogens with two attached hydrogens (primary N) is 1. The lowest BCUT2D eigenvalue weighted by atomic mass is 9.90. The van der Waals surface area contributed by atoms with Gasteiger partial charge in [0.05, 0.1) is 19.8 Å². The predicted molar refractivity (Wildman–Crippen MR) is 153 cm³/mol. The first-order valence-corrected chi connectivity index (χ1v) is 15.5. The summed E-state index contributed by atoms with van der Waals surface area (Å²) in [5, 5.41) is 6.50. The Morgan fingerprint density at radius 2 is 1.35 bits per heavy atom. The summed E-state index contributed by atoms with van der Waals surface area (Å²) in [6, 6.07) is 0. The van der Waals surface area contributed by atoms with Crippen molar-refractivity contribution in [2.24, 2.45) is 11.3 Å². The highest BCUT2D eigenvalue weighted by Gasteiger charge is 2.52. The first-order valence-electron chi connectivity index (χ1n) is 11.8. The number of esters is 3. The van der Waals surface area contributed by atoms with Crippen LogP contribution in [0.25, 0.3) is 4.85 Å². The number of nitrogens with zero attached hydrogens (tertiary/aromatic N) is 1. The van der Waals surface area contributed by atoms with Crippen LogP contribution in [0, 0.1) is 12.0 Å². The standard InChI is InChI=1S/C16H26NO9P.C2H7O3P.2C2H6.CH4.H3NO/c1-7-22-14(19)16(11-24-13(3)18,15(20)23-8-2)12-26-27(6,21-5)25-10-9-17-4;1-5-6(2,3)4;2*1-2;;1-2/h6-12H2,1-3,5H3;1-2H3,(H,3,4);2*1-2H3;1H4;2H,1H2/p-1. The van der Waals surface area contributed by atoms with Crippen LogP contribution in [0.5, 0.6) is 0 Å². The second kappa shape index (κ2) is 31.7. The molecule has 0 aliphatic carbocycles. The third kappa shape index (κ3) is 26.4. The van der Waals surface area contributed by atoms with Gasteiger partial charge in [0.1, 0.15) is 20.8 Å². The third-order valence-electron chi connectivity index (χ3n) is 3.46. The molecule has 40 heavy (non-hydrogen) atoms. The Balaban J connectivity index is -0.000000189. The van der Waals surface area contributed by atoms with Gasteiger partial charge in [-0.1, -0.05) is 35.1 Å². The summed E-state index contributed by atoms with van der Waals surface area (Å²) in [5.74, 6) is 0.839. The highest BCUT2D eigenvalue weighted by Crippen LogP contribution is 2.49. The fraction of sp³-hybridized carbons (Fsp3) is 0.783. The minimum Gasteiger partial charge on any atom is -0.779 e. The minimum atomic E-state index is -3.40. The van der Waals surface area contributed by atoms with Crippen LogP contribution in [0.3, 0.4) is 0 Å². The van der Waals surface area contributed by atoms with Crippen molar-refractivity contribution < 1.29 is 61.4 Å². The molecule has 0 radical (unpaired) electrons. The van der Waals surface area contributed by atoms with Crippen LogP contribution in [0.15, 0.2) is 0 Å². The molecule has 0 aromatic carbocycles. The molecule has 0 amide bonds. The fourth-order valence-corrected chi connectivity index (χ4v) is 2.76. The van der Waals surface area contributed by atoms with E-state index in [1.807, 2.05) is 27.7 Å². The Kier molecular flexibility index (Phi) is 40.3. The molecule has 0 saturated heterocycles. The van der Waals surface area contributed by atoms with Crippen LogP contribution in [0.2, 0.25) is 0 Å². The number of carbonyl (C=O) groups is 3. The van der Waals surface area contributed by atoms with Gasteiger partial charge in [0.2, 0.25) is 12.0 Å². The molecular formula is C23H51N2O13P2-. The monoisotopic (exact) mass is 625 g/mol. The maximum absolute atomic E-state index is 12.5. The number of hydrogen-bond donors (Lipinski definition) is 2. The molecule has 0 aliphatic rings. The van der Waals surface area contributed by atoms with Gasteiger partial charge in [-0.3, -0.25) is 14.4 Å². The smallest absolute Gasteiger partial charge is 0.329 e. The molecule has 0 heterocycles. The molecule has 2 unspecified atom stereocenters. The van der Waals surface area contributed by atoms with Gasteiger partial charge in [-0.2, -0.15) is 0 Å². The Labute approximate surface area is 240 Å². The van der Waals surface area contributed by atoms with Crippen molar-refractivity contribution in [3.05, 3.63) is 11.4 Å². The van der Waals surface area contributed by atoms with Crippen molar-refractivity contribution in [2.75, 3.05) is 60.5 Å². The fourth-order valence-electron chi connectivity index (χ4n) is 1.70. The van der Waals surface area contributed by atoms with Gasteiger partial charge in [0.25, 0.3) is 7.57 Å². The molecule has 15 nitrogen and oxygen atoms in total. The normalized spacial score (nSPS) is 12.3. The highest BCUT2D eigenvalue weighted by molar-refractivity contribution is 7.59. The van der Waals surface area contributed by atoms with E-state index >= 15 is 0 Å². The van der Waals surface area contributed by atoms with Crippen LogP contribution in [-0.2, 0) is 51.3 Å². The quantitative estimate of drug-likeness (QED) is 0.0540. The van der Waals surface area contributed by atoms with E-state index in [-0.39, 0.29) is 33.8 Å². The van der Waals surface area contributed by atoms with Crippen molar-refractivity contribution in [3.63, 3.8) is 0 Å². The first kappa shape index (κ1) is 50.9. The van der Waals surface area contributed by atoms with E-state index in [9.17, 15) is 23.8 Å². The summed E-state index contributed by atoms with van der Waals surface area (Å²) in [6.45, 7) is 18.8. The van der Waals surface area contributed by atoms with E-state index < -0.39 is 51.7 Å². The summed E-state index contributed by atoms with van der Waals surface area (Å²) in [7, 11) is -4.18. The molecule has 17 heteroatoms. The van der Waals surface area contributed by atoms with Crippen molar-refractivity contribution in [3.8, 4) is 0 Å². The molecule has 3 N–H and O–H groups in total. The van der Waals surface area contributed by atoms with E-state index in [1.165, 1.54) is 7.11 Å². The zero-order chi connectivity index (χ0) is 32.1. The molecule has 0 bridgehead atoms. The molecule has 0 aliphatic heterocycles. The summed E-state index contributed by atoms with van der Waals surface area (Å²) in [4.78, 5) is 49.2. The van der Waals surface area contributed by atoms with Crippen LogP contribution >= 0.6 is 15.2 Å². The molecule has 242 valence electrons. The molecule has 0 fully saturated rings. The molecule has 0 rings (SSSR count). The van der Waals surface area contributed by atoms with Crippen molar-refractivity contribution in [1.82, 2.24) is 0 Å². The van der Waals surface area contributed by atoms with Crippen molar-refractivity contribution in [1.29, 1.82) is 0 Å². The van der Waals surface area contributed by atoms with E-state index in [2.05, 4.69) is 21.6 Å². The molecule has 2 atom stereocenters. The van der Waals surface area contributed by atoms with E-state index in [4.69, 9.17) is 39.6 Å². The number of ether oxygens (including phenoxy) is 3. The van der Waals surface area contributed by atoms with Crippen LogP contribution in [0.1, 0.15) is 55.9 Å². The third-order valence-corrected chi connectivity index (χ3v) is 5.78. The Bertz CT molecular complexity index is 750. The minimum absolute atomic E-state index is 0. The largest absolute Gasteiger partial charge is 0.779 e. The van der Waals surface area contributed by atoms with Gasteiger partial charge in [-0.25, -0.2) is 12.5 Å². The molecule has 0 spiro atoms. The van der Waals surface area contributed by atoms with Gasteiger partial charge in [-0.05, 0) is 20.1 Å². The number of hydrogen-bond acceptors (Lipinski definition) is 14.